The van der Waals surface area contributed by atoms with Crippen molar-refractivity contribution in [1.82, 2.24) is 0 Å². The summed E-state index contributed by atoms with van der Waals surface area (Å²) >= 11 is 0. The highest BCUT2D eigenvalue weighted by molar-refractivity contribution is 6.00. The maximum atomic E-state index is 13.0. The van der Waals surface area contributed by atoms with E-state index in [-0.39, 0.29) is 18.0 Å². The molecule has 0 saturated carbocycles. The minimum atomic E-state index is -1.54. The zero-order chi connectivity index (χ0) is 20.3. The molecule has 8 nitrogen and oxygen atoms in total. The van der Waals surface area contributed by atoms with Gasteiger partial charge in [-0.15, -0.1) is 0 Å². The Morgan fingerprint density at radius 3 is 2.61 bits per heavy atom. The van der Waals surface area contributed by atoms with Crippen molar-refractivity contribution in [2.45, 2.75) is 25.5 Å². The summed E-state index contributed by atoms with van der Waals surface area (Å²) in [5.41, 5.74) is -0.640. The summed E-state index contributed by atoms with van der Waals surface area (Å²) < 4.78 is 16.6. The number of nitro groups is 1. The molecular weight excluding hydrogens is 364 g/mol. The number of non-ortho nitro benzene ring substituents is 1. The molecule has 28 heavy (non-hydrogen) atoms. The van der Waals surface area contributed by atoms with Gasteiger partial charge < -0.3 is 14.2 Å². The Labute approximate surface area is 161 Å². The molecule has 2 atom stereocenters. The van der Waals surface area contributed by atoms with Crippen LogP contribution < -0.4 is 4.74 Å². The Kier molecular flexibility index (Phi) is 5.30. The maximum absolute atomic E-state index is 13.0. The van der Waals surface area contributed by atoms with E-state index in [4.69, 9.17) is 14.2 Å². The van der Waals surface area contributed by atoms with Gasteiger partial charge in [-0.2, -0.15) is 0 Å². The fourth-order valence-corrected chi connectivity index (χ4v) is 3.19. The van der Waals surface area contributed by atoms with Crippen molar-refractivity contribution >= 4 is 17.6 Å². The van der Waals surface area contributed by atoms with Gasteiger partial charge in [0.25, 0.3) is 5.69 Å². The number of esters is 1. The third-order valence-corrected chi connectivity index (χ3v) is 4.57. The highest BCUT2D eigenvalue weighted by Crippen LogP contribution is 2.44. The molecule has 0 saturated heterocycles. The molecule has 0 aromatic heterocycles. The largest absolute Gasteiger partial charge is 0.496 e. The van der Waals surface area contributed by atoms with Gasteiger partial charge in [0.05, 0.1) is 24.7 Å². The highest BCUT2D eigenvalue weighted by atomic mass is 16.6. The summed E-state index contributed by atoms with van der Waals surface area (Å²) in [6.45, 7) is 3.55. The van der Waals surface area contributed by atoms with Gasteiger partial charge in [0.15, 0.2) is 0 Å². The molecule has 0 spiro atoms. The molecule has 146 valence electrons. The number of nitro benzene ring substituents is 1. The van der Waals surface area contributed by atoms with E-state index in [1.54, 1.807) is 13.8 Å². The average molecular weight is 384 g/mol. The van der Waals surface area contributed by atoms with Crippen molar-refractivity contribution in [3.05, 3.63) is 69.8 Å². The van der Waals surface area contributed by atoms with Gasteiger partial charge in [0, 0.05) is 17.2 Å². The first kappa shape index (κ1) is 19.3. The molecule has 0 fully saturated rings. The molecule has 0 bridgehead atoms. The van der Waals surface area contributed by atoms with Crippen LogP contribution in [0.15, 0.2) is 53.5 Å². The second-order valence-electron chi connectivity index (χ2n) is 6.17. The van der Waals surface area contributed by atoms with Crippen LogP contribution in [0.5, 0.6) is 5.75 Å². The topological polar surface area (TPSA) is 100 Å². The maximum Gasteiger partial charge on any atom is 0.342 e. The van der Waals surface area contributed by atoms with E-state index in [9.17, 15) is 14.9 Å². The Hall–Kier alpha value is -3.42. The molecular formula is C20H20N2O6. The van der Waals surface area contributed by atoms with Gasteiger partial charge in [-0.1, -0.05) is 18.2 Å². The van der Waals surface area contributed by atoms with E-state index >= 15 is 0 Å². The third kappa shape index (κ3) is 3.17. The van der Waals surface area contributed by atoms with Gasteiger partial charge in [-0.3, -0.25) is 10.1 Å². The first-order chi connectivity index (χ1) is 13.4. The van der Waals surface area contributed by atoms with Gasteiger partial charge in [-0.05, 0) is 32.0 Å². The lowest BCUT2D eigenvalue weighted by molar-refractivity contribution is -0.385. The molecule has 0 radical (unpaired) electrons. The quantitative estimate of drug-likeness (QED) is 0.431. The smallest absolute Gasteiger partial charge is 0.342 e. The van der Waals surface area contributed by atoms with Crippen molar-refractivity contribution < 1.29 is 23.9 Å². The van der Waals surface area contributed by atoms with Crippen molar-refractivity contribution in [1.29, 1.82) is 0 Å². The second kappa shape index (κ2) is 7.67. The number of benzene rings is 2. The van der Waals surface area contributed by atoms with Crippen LogP contribution in [0.25, 0.3) is 0 Å². The Morgan fingerprint density at radius 2 is 2.00 bits per heavy atom. The summed E-state index contributed by atoms with van der Waals surface area (Å²) in [7, 11) is 1.38. The molecule has 8 heteroatoms. The van der Waals surface area contributed by atoms with Crippen molar-refractivity contribution in [3.8, 4) is 5.75 Å². The minimum Gasteiger partial charge on any atom is -0.496 e. The molecule has 0 amide bonds. The number of carbonyl (C=O) groups excluding carboxylic acids is 1. The van der Waals surface area contributed by atoms with Crippen LogP contribution in [0.3, 0.4) is 0 Å². The summed E-state index contributed by atoms with van der Waals surface area (Å²) in [6.07, 6.45) is -0.711. The van der Waals surface area contributed by atoms with E-state index in [0.717, 1.165) is 0 Å². The number of carbonyl (C=O) groups is 1. The zero-order valence-electron chi connectivity index (χ0n) is 15.7. The standard InChI is InChI=1S/C20H20N2O6/c1-4-27-19(23)20(16-11-10-15(22(24)25)12-17(16)26-3)13(2)28-18(21-20)14-8-6-5-7-9-14/h5-13H,4H2,1-3H3/t13-,20+/m0/s1. The van der Waals surface area contributed by atoms with Crippen LogP contribution in [0, 0.1) is 10.1 Å². The normalized spacial score (nSPS) is 20.8. The van der Waals surface area contributed by atoms with Crippen LogP contribution in [0.1, 0.15) is 25.0 Å². The van der Waals surface area contributed by atoms with E-state index in [1.807, 2.05) is 30.3 Å². The van der Waals surface area contributed by atoms with Gasteiger partial charge >= 0.3 is 5.97 Å². The Balaban J connectivity index is 2.21. The van der Waals surface area contributed by atoms with E-state index in [0.29, 0.717) is 17.0 Å². The molecule has 0 aliphatic carbocycles. The number of ether oxygens (including phenoxy) is 3. The molecule has 0 N–H and O–H groups in total. The lowest BCUT2D eigenvalue weighted by Gasteiger charge is -2.28. The predicted octanol–water partition coefficient (Wildman–Crippen LogP) is 3.23. The number of methoxy groups -OCH3 is 1. The highest BCUT2D eigenvalue weighted by Gasteiger charge is 2.55. The first-order valence-electron chi connectivity index (χ1n) is 8.76. The van der Waals surface area contributed by atoms with Crippen LogP contribution in [-0.4, -0.2) is 36.6 Å². The zero-order valence-corrected chi connectivity index (χ0v) is 15.7. The van der Waals surface area contributed by atoms with Crippen LogP contribution in [0.2, 0.25) is 0 Å². The van der Waals surface area contributed by atoms with Crippen LogP contribution >= 0.6 is 0 Å². The van der Waals surface area contributed by atoms with Gasteiger partial charge in [0.2, 0.25) is 11.4 Å². The summed E-state index contributed by atoms with van der Waals surface area (Å²) in [5.74, 6) is -0.155. The average Bonchev–Trinajstić information content (AvgIpc) is 3.06. The number of rotatable bonds is 6. The summed E-state index contributed by atoms with van der Waals surface area (Å²) in [5, 5.41) is 11.1. The lowest BCUT2D eigenvalue weighted by Crippen LogP contribution is -2.43. The lowest BCUT2D eigenvalue weighted by atomic mass is 9.85. The van der Waals surface area contributed by atoms with Crippen LogP contribution in [-0.2, 0) is 19.8 Å². The first-order valence-corrected chi connectivity index (χ1v) is 8.76. The SMILES string of the molecule is CCOC(=O)[C@@]1(c2ccc([N+](=O)[O-])cc2OC)N=C(c2ccccc2)O[C@H]1C. The minimum absolute atomic E-state index is 0.152. The molecule has 1 heterocycles. The fourth-order valence-electron chi connectivity index (χ4n) is 3.19. The molecule has 2 aromatic carbocycles. The van der Waals surface area contributed by atoms with E-state index < -0.39 is 22.5 Å². The van der Waals surface area contributed by atoms with E-state index in [1.165, 1.54) is 25.3 Å². The van der Waals surface area contributed by atoms with Crippen molar-refractivity contribution in [3.63, 3.8) is 0 Å². The number of hydrogen-bond donors (Lipinski definition) is 0. The van der Waals surface area contributed by atoms with Crippen molar-refractivity contribution in [2.24, 2.45) is 4.99 Å². The monoisotopic (exact) mass is 384 g/mol. The molecule has 3 rings (SSSR count). The number of aliphatic imine (C=N–C) groups is 1. The molecule has 1 aliphatic heterocycles. The summed E-state index contributed by atoms with van der Waals surface area (Å²) in [4.78, 5) is 28.3. The van der Waals surface area contributed by atoms with E-state index in [2.05, 4.69) is 4.99 Å². The Morgan fingerprint density at radius 1 is 1.29 bits per heavy atom. The molecule has 1 aliphatic rings. The fraction of sp³-hybridized carbons (Fsp3) is 0.300. The third-order valence-electron chi connectivity index (χ3n) is 4.57. The predicted molar refractivity (Wildman–Crippen MR) is 101 cm³/mol. The van der Waals surface area contributed by atoms with Crippen molar-refractivity contribution in [2.75, 3.05) is 13.7 Å². The van der Waals surface area contributed by atoms with Gasteiger partial charge in [0.1, 0.15) is 11.9 Å². The molecule has 0 unspecified atom stereocenters. The molecule has 2 aromatic rings. The summed E-state index contributed by atoms with van der Waals surface area (Å²) in [6, 6.07) is 13.2. The van der Waals surface area contributed by atoms with Gasteiger partial charge in [-0.25, -0.2) is 9.79 Å². The Bertz CT molecular complexity index is 928. The number of nitrogens with zero attached hydrogens (tertiary/aromatic N) is 2. The second-order valence-corrected chi connectivity index (χ2v) is 6.17. The van der Waals surface area contributed by atoms with Crippen LogP contribution in [0.4, 0.5) is 5.69 Å². The number of hydrogen-bond acceptors (Lipinski definition) is 7.